The molecule has 1 amide bonds. The van der Waals surface area contributed by atoms with Gasteiger partial charge >= 0.3 is 0 Å². The summed E-state index contributed by atoms with van der Waals surface area (Å²) >= 11 is 0. The summed E-state index contributed by atoms with van der Waals surface area (Å²) in [6, 6.07) is 0. The molecule has 2 fully saturated rings. The van der Waals surface area contributed by atoms with Crippen molar-refractivity contribution in [3.63, 3.8) is 0 Å². The first kappa shape index (κ1) is 16.1. The average molecular weight is 352 g/mol. The third-order valence-electron chi connectivity index (χ3n) is 5.58. The van der Waals surface area contributed by atoms with Gasteiger partial charge < -0.3 is 4.90 Å². The van der Waals surface area contributed by atoms with Gasteiger partial charge in [0.1, 0.15) is 0 Å². The summed E-state index contributed by atoms with van der Waals surface area (Å²) in [6.07, 6.45) is 5.91. The van der Waals surface area contributed by atoms with E-state index in [1.54, 1.807) is 9.21 Å². The zero-order valence-electron chi connectivity index (χ0n) is 13.8. The van der Waals surface area contributed by atoms with E-state index in [4.69, 9.17) is 0 Å². The van der Waals surface area contributed by atoms with Crippen LogP contribution in [0.15, 0.2) is 0 Å². The molecule has 24 heavy (non-hydrogen) atoms. The van der Waals surface area contributed by atoms with Gasteiger partial charge in [-0.3, -0.25) is 9.89 Å². The van der Waals surface area contributed by atoms with Crippen molar-refractivity contribution >= 4 is 15.9 Å². The molecule has 132 valence electrons. The van der Waals surface area contributed by atoms with Crippen molar-refractivity contribution in [1.29, 1.82) is 0 Å². The quantitative estimate of drug-likeness (QED) is 0.877. The van der Waals surface area contributed by atoms with Gasteiger partial charge in [0.15, 0.2) is 5.69 Å². The number of amides is 1. The molecule has 1 aromatic heterocycles. The number of sulfonamides is 1. The van der Waals surface area contributed by atoms with Crippen LogP contribution < -0.4 is 0 Å². The van der Waals surface area contributed by atoms with Gasteiger partial charge in [-0.15, -0.1) is 0 Å². The second-order valence-corrected chi connectivity index (χ2v) is 9.24. The number of nitrogens with zero attached hydrogens (tertiary/aromatic N) is 3. The summed E-state index contributed by atoms with van der Waals surface area (Å²) in [4.78, 5) is 14.5. The highest BCUT2D eigenvalue weighted by molar-refractivity contribution is 7.89. The van der Waals surface area contributed by atoms with Gasteiger partial charge in [0, 0.05) is 37.4 Å². The zero-order valence-corrected chi connectivity index (χ0v) is 14.6. The standard InChI is InChI=1S/C16H24N4O3S/c21-16(15-13-4-3-5-14(13)17-18-15)19-10-6-12(7-11-19)24(22,23)20-8-1-2-9-20/h12H,1-11H2,(H,17,18). The number of piperidine rings is 1. The van der Waals surface area contributed by atoms with Crippen LogP contribution in [0.1, 0.15) is 53.8 Å². The van der Waals surface area contributed by atoms with Gasteiger partial charge in [0.2, 0.25) is 10.0 Å². The van der Waals surface area contributed by atoms with E-state index >= 15 is 0 Å². The molecule has 3 heterocycles. The van der Waals surface area contributed by atoms with Crippen LogP contribution in [-0.4, -0.2) is 65.2 Å². The Bertz CT molecular complexity index is 729. The molecule has 1 N–H and O–H groups in total. The molecule has 0 saturated carbocycles. The number of hydrogen-bond acceptors (Lipinski definition) is 4. The molecule has 4 rings (SSSR count). The highest BCUT2D eigenvalue weighted by Crippen LogP contribution is 2.27. The van der Waals surface area contributed by atoms with Crippen LogP contribution in [0, 0.1) is 0 Å². The molecule has 8 heteroatoms. The van der Waals surface area contributed by atoms with E-state index < -0.39 is 10.0 Å². The van der Waals surface area contributed by atoms with Crippen molar-refractivity contribution in [2.75, 3.05) is 26.2 Å². The van der Waals surface area contributed by atoms with Crippen LogP contribution in [0.5, 0.6) is 0 Å². The summed E-state index contributed by atoms with van der Waals surface area (Å²) in [5.74, 6) is -0.0496. The predicted octanol–water partition coefficient (Wildman–Crippen LogP) is 0.929. The first-order chi connectivity index (χ1) is 11.6. The van der Waals surface area contributed by atoms with Gasteiger partial charge in [-0.25, -0.2) is 12.7 Å². The Morgan fingerprint density at radius 2 is 1.75 bits per heavy atom. The summed E-state index contributed by atoms with van der Waals surface area (Å²) in [7, 11) is -3.20. The van der Waals surface area contributed by atoms with Gasteiger partial charge in [0.25, 0.3) is 5.91 Å². The molecule has 0 unspecified atom stereocenters. The highest BCUT2D eigenvalue weighted by atomic mass is 32.2. The molecule has 0 aromatic carbocycles. The molecule has 1 aromatic rings. The lowest BCUT2D eigenvalue weighted by atomic mass is 10.1. The number of carbonyl (C=O) groups excluding carboxylic acids is 1. The van der Waals surface area contributed by atoms with Gasteiger partial charge in [-0.2, -0.15) is 5.10 Å². The Morgan fingerprint density at radius 3 is 2.46 bits per heavy atom. The number of hydrogen-bond donors (Lipinski definition) is 1. The summed E-state index contributed by atoms with van der Waals surface area (Å²) in [5, 5.41) is 6.83. The lowest BCUT2D eigenvalue weighted by Gasteiger charge is -2.33. The molecule has 7 nitrogen and oxygen atoms in total. The number of H-pyrrole nitrogens is 1. The van der Waals surface area contributed by atoms with E-state index in [-0.39, 0.29) is 11.2 Å². The minimum absolute atomic E-state index is 0.0496. The molecular weight excluding hydrogens is 328 g/mol. The minimum Gasteiger partial charge on any atom is -0.337 e. The lowest BCUT2D eigenvalue weighted by molar-refractivity contribution is 0.0717. The molecule has 3 aliphatic rings. The zero-order chi connectivity index (χ0) is 16.7. The third kappa shape index (κ3) is 2.65. The number of rotatable bonds is 3. The average Bonchev–Trinajstić information content (AvgIpc) is 3.31. The van der Waals surface area contributed by atoms with Crippen LogP contribution in [0.3, 0.4) is 0 Å². The number of fused-ring (bicyclic) bond motifs is 1. The molecule has 0 spiro atoms. The SMILES string of the molecule is O=C(c1n[nH]c2c1CCC2)N1CCC(S(=O)(=O)N2CCCC2)CC1. The van der Waals surface area contributed by atoms with Crippen molar-refractivity contribution < 1.29 is 13.2 Å². The number of nitrogens with one attached hydrogen (secondary N) is 1. The summed E-state index contributed by atoms with van der Waals surface area (Å²) < 4.78 is 26.9. The van der Waals surface area contributed by atoms with Gasteiger partial charge in [-0.1, -0.05) is 0 Å². The van der Waals surface area contributed by atoms with Crippen LogP contribution >= 0.6 is 0 Å². The molecule has 0 radical (unpaired) electrons. The van der Waals surface area contributed by atoms with E-state index in [2.05, 4.69) is 10.2 Å². The monoisotopic (exact) mass is 352 g/mol. The van der Waals surface area contributed by atoms with Crippen LogP contribution in [0.4, 0.5) is 0 Å². The van der Waals surface area contributed by atoms with Gasteiger partial charge in [0.05, 0.1) is 5.25 Å². The maximum absolute atomic E-state index is 12.7. The predicted molar refractivity (Wildman–Crippen MR) is 89.3 cm³/mol. The Hall–Kier alpha value is -1.41. The van der Waals surface area contributed by atoms with Crippen LogP contribution in [0.2, 0.25) is 0 Å². The van der Waals surface area contributed by atoms with Crippen molar-refractivity contribution in [2.24, 2.45) is 0 Å². The van der Waals surface area contributed by atoms with Gasteiger partial charge in [-0.05, 0) is 44.9 Å². The van der Waals surface area contributed by atoms with Crippen molar-refractivity contribution in [3.8, 4) is 0 Å². The first-order valence-electron chi connectivity index (χ1n) is 8.92. The fourth-order valence-electron chi connectivity index (χ4n) is 4.16. The number of aromatic nitrogens is 2. The Kier molecular flexibility index (Phi) is 4.12. The fraction of sp³-hybridized carbons (Fsp3) is 0.750. The molecule has 1 aliphatic carbocycles. The van der Waals surface area contributed by atoms with E-state index in [1.807, 2.05) is 0 Å². The van der Waals surface area contributed by atoms with E-state index in [9.17, 15) is 13.2 Å². The number of likely N-dealkylation sites (tertiary alicyclic amines) is 1. The van der Waals surface area contributed by atoms with Crippen LogP contribution in [-0.2, 0) is 22.9 Å². The highest BCUT2D eigenvalue weighted by Gasteiger charge is 2.37. The first-order valence-corrected chi connectivity index (χ1v) is 10.4. The number of aromatic amines is 1. The summed E-state index contributed by atoms with van der Waals surface area (Å²) in [6.45, 7) is 2.30. The minimum atomic E-state index is -3.20. The Morgan fingerprint density at radius 1 is 1.04 bits per heavy atom. The number of aryl methyl sites for hydroxylation is 1. The topological polar surface area (TPSA) is 86.4 Å². The van der Waals surface area contributed by atoms with Crippen molar-refractivity contribution in [2.45, 2.75) is 50.2 Å². The molecule has 2 saturated heterocycles. The third-order valence-corrected chi connectivity index (χ3v) is 7.98. The largest absolute Gasteiger partial charge is 0.337 e. The maximum Gasteiger partial charge on any atom is 0.274 e. The molecule has 0 bridgehead atoms. The van der Waals surface area contributed by atoms with E-state index in [0.29, 0.717) is 44.7 Å². The molecular formula is C16H24N4O3S. The van der Waals surface area contributed by atoms with Crippen LogP contribution in [0.25, 0.3) is 0 Å². The van der Waals surface area contributed by atoms with Crippen molar-refractivity contribution in [3.05, 3.63) is 17.0 Å². The normalized spacial score (nSPS) is 22.9. The molecule has 2 aliphatic heterocycles. The summed E-state index contributed by atoms with van der Waals surface area (Å²) in [5.41, 5.74) is 2.69. The Balaban J connectivity index is 1.41. The number of carbonyl (C=O) groups is 1. The van der Waals surface area contributed by atoms with E-state index in [1.165, 1.54) is 0 Å². The smallest absolute Gasteiger partial charge is 0.274 e. The molecule has 0 atom stereocenters. The maximum atomic E-state index is 12.7. The Labute approximate surface area is 142 Å². The van der Waals surface area contributed by atoms with Crippen molar-refractivity contribution in [1.82, 2.24) is 19.4 Å². The second kappa shape index (κ2) is 6.15. The second-order valence-electron chi connectivity index (χ2n) is 7.03. The lowest BCUT2D eigenvalue weighted by Crippen LogP contribution is -2.46. The van der Waals surface area contributed by atoms with E-state index in [0.717, 1.165) is 43.4 Å². The fourth-order valence-corrected chi connectivity index (χ4v) is 6.15.